The average molecular weight is 260 g/mol. The maximum Gasteiger partial charge on any atom is 0.194 e. The number of rotatable bonds is 4. The van der Waals surface area contributed by atoms with Gasteiger partial charge in [-0.25, -0.2) is 15.0 Å². The molecule has 0 atom stereocenters. The Labute approximate surface area is 111 Å². The lowest BCUT2D eigenvalue weighted by atomic mass is 10.2. The van der Waals surface area contributed by atoms with Gasteiger partial charge >= 0.3 is 0 Å². The third-order valence-electron chi connectivity index (χ3n) is 2.48. The third kappa shape index (κ3) is 3.27. The Bertz CT molecular complexity index is 542. The van der Waals surface area contributed by atoms with Crippen LogP contribution in [0.3, 0.4) is 0 Å². The first-order chi connectivity index (χ1) is 8.69. The van der Waals surface area contributed by atoms with Crippen molar-refractivity contribution in [1.29, 1.82) is 0 Å². The zero-order valence-electron chi connectivity index (χ0n) is 10.6. The number of aromatic nitrogens is 3. The van der Waals surface area contributed by atoms with Crippen molar-refractivity contribution in [2.75, 3.05) is 6.54 Å². The van der Waals surface area contributed by atoms with Crippen LogP contribution in [-0.4, -0.2) is 21.5 Å². The molecule has 0 saturated carbocycles. The highest BCUT2D eigenvalue weighted by atomic mass is 32.2. The van der Waals surface area contributed by atoms with Gasteiger partial charge in [0.05, 0.1) is 0 Å². The molecule has 2 aromatic heterocycles. The van der Waals surface area contributed by atoms with E-state index in [1.807, 2.05) is 26.1 Å². The van der Waals surface area contributed by atoms with Crippen molar-refractivity contribution in [2.24, 2.45) is 5.73 Å². The van der Waals surface area contributed by atoms with Gasteiger partial charge in [0.2, 0.25) is 0 Å². The molecule has 0 fully saturated rings. The summed E-state index contributed by atoms with van der Waals surface area (Å²) in [4.78, 5) is 13.0. The second-order valence-electron chi connectivity index (χ2n) is 4.09. The quantitative estimate of drug-likeness (QED) is 0.853. The molecule has 4 nitrogen and oxygen atoms in total. The van der Waals surface area contributed by atoms with Crippen molar-refractivity contribution in [3.8, 4) is 0 Å². The summed E-state index contributed by atoms with van der Waals surface area (Å²) in [5.74, 6) is 0. The number of hydrogen-bond acceptors (Lipinski definition) is 5. The molecule has 94 valence electrons. The largest absolute Gasteiger partial charge is 0.330 e. The number of hydrogen-bond donors (Lipinski definition) is 1. The van der Waals surface area contributed by atoms with Crippen LogP contribution in [0.2, 0.25) is 0 Å². The molecule has 0 saturated heterocycles. The van der Waals surface area contributed by atoms with Gasteiger partial charge in [-0.1, -0.05) is 6.07 Å². The smallest absolute Gasteiger partial charge is 0.194 e. The van der Waals surface area contributed by atoms with E-state index >= 15 is 0 Å². The molecule has 0 unspecified atom stereocenters. The fourth-order valence-corrected chi connectivity index (χ4v) is 2.39. The summed E-state index contributed by atoms with van der Waals surface area (Å²) in [5, 5.41) is 1.68. The molecule has 2 rings (SSSR count). The molecule has 0 radical (unpaired) electrons. The van der Waals surface area contributed by atoms with Crippen LogP contribution in [0.15, 0.2) is 34.7 Å². The van der Waals surface area contributed by atoms with E-state index in [0.717, 1.165) is 27.9 Å². The fourth-order valence-electron chi connectivity index (χ4n) is 1.59. The van der Waals surface area contributed by atoms with Crippen LogP contribution < -0.4 is 5.73 Å². The Kier molecular flexibility index (Phi) is 4.28. The molecule has 0 aliphatic carbocycles. The molecule has 0 spiro atoms. The summed E-state index contributed by atoms with van der Waals surface area (Å²) in [6, 6.07) is 4.01. The normalized spacial score (nSPS) is 10.6. The van der Waals surface area contributed by atoms with E-state index in [4.69, 9.17) is 5.73 Å². The zero-order valence-corrected chi connectivity index (χ0v) is 11.4. The number of nitrogens with two attached hydrogens (primary N) is 1. The molecule has 2 N–H and O–H groups in total. The van der Waals surface area contributed by atoms with Crippen molar-refractivity contribution >= 4 is 11.8 Å². The molecule has 0 aromatic carbocycles. The maximum atomic E-state index is 5.54. The topological polar surface area (TPSA) is 64.7 Å². The lowest BCUT2D eigenvalue weighted by Gasteiger charge is -2.06. The van der Waals surface area contributed by atoms with E-state index in [1.165, 1.54) is 17.3 Å². The Balaban J connectivity index is 2.19. The van der Waals surface area contributed by atoms with Crippen LogP contribution in [0.1, 0.15) is 16.8 Å². The molecule has 2 aromatic rings. The van der Waals surface area contributed by atoms with Crippen LogP contribution in [0.25, 0.3) is 0 Å². The zero-order chi connectivity index (χ0) is 13.0. The monoisotopic (exact) mass is 260 g/mol. The van der Waals surface area contributed by atoms with E-state index in [-0.39, 0.29) is 0 Å². The van der Waals surface area contributed by atoms with Crippen LogP contribution in [0, 0.1) is 13.8 Å². The molecule has 0 amide bonds. The lowest BCUT2D eigenvalue weighted by Crippen LogP contribution is -2.03. The Morgan fingerprint density at radius 1 is 1.28 bits per heavy atom. The van der Waals surface area contributed by atoms with Gasteiger partial charge in [-0.05, 0) is 55.8 Å². The van der Waals surface area contributed by atoms with Gasteiger partial charge in [0, 0.05) is 18.1 Å². The lowest BCUT2D eigenvalue weighted by molar-refractivity contribution is 0.914. The first kappa shape index (κ1) is 13.0. The summed E-state index contributed by atoms with van der Waals surface area (Å²) in [6.45, 7) is 4.65. The van der Waals surface area contributed by atoms with Crippen LogP contribution in [0.4, 0.5) is 0 Å². The first-order valence-corrected chi connectivity index (χ1v) is 6.64. The van der Waals surface area contributed by atoms with Gasteiger partial charge < -0.3 is 5.73 Å². The number of pyridine rings is 1. The predicted molar refractivity (Wildman–Crippen MR) is 72.6 cm³/mol. The number of nitrogens with zero attached hydrogens (tertiary/aromatic N) is 3. The second-order valence-corrected chi connectivity index (χ2v) is 5.04. The molecule has 0 aliphatic heterocycles. The van der Waals surface area contributed by atoms with E-state index < -0.39 is 0 Å². The van der Waals surface area contributed by atoms with E-state index in [2.05, 4.69) is 21.0 Å². The van der Waals surface area contributed by atoms with Crippen molar-refractivity contribution in [2.45, 2.75) is 30.5 Å². The van der Waals surface area contributed by atoms with E-state index in [9.17, 15) is 0 Å². The predicted octanol–water partition coefficient (Wildman–Crippen LogP) is 2.14. The number of aryl methyl sites for hydroxylation is 2. The van der Waals surface area contributed by atoms with Gasteiger partial charge in [0.15, 0.2) is 5.16 Å². The second kappa shape index (κ2) is 5.93. The molecule has 2 heterocycles. The molecule has 0 bridgehead atoms. The van der Waals surface area contributed by atoms with E-state index in [1.54, 1.807) is 6.20 Å². The fraction of sp³-hybridized carbons (Fsp3) is 0.308. The highest BCUT2D eigenvalue weighted by Gasteiger charge is 2.06. The third-order valence-corrected chi connectivity index (χ3v) is 3.48. The molecular formula is C13H16N4S. The maximum absolute atomic E-state index is 5.54. The van der Waals surface area contributed by atoms with Crippen molar-refractivity contribution in [1.82, 2.24) is 15.0 Å². The Morgan fingerprint density at radius 3 is 2.78 bits per heavy atom. The van der Waals surface area contributed by atoms with Crippen molar-refractivity contribution < 1.29 is 0 Å². The average Bonchev–Trinajstić information content (AvgIpc) is 2.33. The molecule has 0 aliphatic rings. The molecular weight excluding hydrogens is 244 g/mol. The van der Waals surface area contributed by atoms with E-state index in [0.29, 0.717) is 6.54 Å². The van der Waals surface area contributed by atoms with Gasteiger partial charge in [-0.15, -0.1) is 0 Å². The first-order valence-electron chi connectivity index (χ1n) is 5.82. The summed E-state index contributed by atoms with van der Waals surface area (Å²) >= 11 is 1.49. The van der Waals surface area contributed by atoms with Gasteiger partial charge in [-0.3, -0.25) is 0 Å². The van der Waals surface area contributed by atoms with Crippen LogP contribution in [-0.2, 0) is 6.42 Å². The minimum absolute atomic E-state index is 0.647. The standard InChI is InChI=1S/C13H16N4S/c1-9-7-11(3-5-14)8-16-12(9)18-13-15-6-4-10(2)17-13/h4,6-8H,3,5,14H2,1-2H3. The molecule has 5 heteroatoms. The molecule has 18 heavy (non-hydrogen) atoms. The van der Waals surface area contributed by atoms with Gasteiger partial charge in [0.1, 0.15) is 5.03 Å². The van der Waals surface area contributed by atoms with Gasteiger partial charge in [0.25, 0.3) is 0 Å². The minimum Gasteiger partial charge on any atom is -0.330 e. The van der Waals surface area contributed by atoms with Crippen molar-refractivity contribution in [3.05, 3.63) is 41.3 Å². The summed E-state index contributed by atoms with van der Waals surface area (Å²) < 4.78 is 0. The van der Waals surface area contributed by atoms with Crippen LogP contribution in [0.5, 0.6) is 0 Å². The van der Waals surface area contributed by atoms with Crippen LogP contribution >= 0.6 is 11.8 Å². The summed E-state index contributed by atoms with van der Waals surface area (Å²) in [7, 11) is 0. The Hall–Kier alpha value is -1.46. The van der Waals surface area contributed by atoms with Gasteiger partial charge in [-0.2, -0.15) is 0 Å². The highest BCUT2D eigenvalue weighted by molar-refractivity contribution is 7.99. The SMILES string of the molecule is Cc1ccnc(Sc2ncc(CCN)cc2C)n1. The Morgan fingerprint density at radius 2 is 2.11 bits per heavy atom. The summed E-state index contributed by atoms with van der Waals surface area (Å²) in [5.41, 5.74) is 8.80. The summed E-state index contributed by atoms with van der Waals surface area (Å²) in [6.07, 6.45) is 4.50. The minimum atomic E-state index is 0.647. The highest BCUT2D eigenvalue weighted by Crippen LogP contribution is 2.25. The van der Waals surface area contributed by atoms with Crippen molar-refractivity contribution in [3.63, 3.8) is 0 Å².